The number of amidine groups is 1. The van der Waals surface area contributed by atoms with Crippen LogP contribution in [0.2, 0.25) is 0 Å². The highest BCUT2D eigenvalue weighted by Crippen LogP contribution is 2.29. The lowest BCUT2D eigenvalue weighted by Crippen LogP contribution is -2.48. The van der Waals surface area contributed by atoms with E-state index in [-0.39, 0.29) is 23.7 Å². The van der Waals surface area contributed by atoms with Crippen LogP contribution in [-0.4, -0.2) is 23.0 Å². The minimum atomic E-state index is -0.553. The molecular formula is C12H23N3O2. The summed E-state index contributed by atoms with van der Waals surface area (Å²) in [5.74, 6) is -0.117. The molecule has 4 N–H and O–H groups in total. The van der Waals surface area contributed by atoms with Crippen molar-refractivity contribution in [3.63, 3.8) is 0 Å². The van der Waals surface area contributed by atoms with E-state index in [4.69, 9.17) is 10.9 Å². The van der Waals surface area contributed by atoms with Gasteiger partial charge in [-0.05, 0) is 31.6 Å². The number of carbonyl (C=O) groups excluding carboxylic acids is 1. The molecule has 1 saturated carbocycles. The summed E-state index contributed by atoms with van der Waals surface area (Å²) < 4.78 is 0. The van der Waals surface area contributed by atoms with Crippen molar-refractivity contribution in [1.29, 1.82) is 0 Å². The fourth-order valence-corrected chi connectivity index (χ4v) is 2.21. The Morgan fingerprint density at radius 2 is 2.00 bits per heavy atom. The van der Waals surface area contributed by atoms with E-state index < -0.39 is 5.92 Å². The summed E-state index contributed by atoms with van der Waals surface area (Å²) in [6.45, 7) is 5.79. The van der Waals surface area contributed by atoms with E-state index in [2.05, 4.69) is 10.5 Å². The number of hydrogen-bond donors (Lipinski definition) is 3. The van der Waals surface area contributed by atoms with Gasteiger partial charge in [0.25, 0.3) is 0 Å². The Bertz CT molecular complexity index is 298. The molecule has 1 amide bonds. The molecule has 1 aliphatic carbocycles. The van der Waals surface area contributed by atoms with E-state index in [1.165, 1.54) is 19.3 Å². The lowest BCUT2D eigenvalue weighted by Gasteiger charge is -2.33. The van der Waals surface area contributed by atoms with E-state index in [0.717, 1.165) is 0 Å². The lowest BCUT2D eigenvalue weighted by molar-refractivity contribution is -0.125. The fourth-order valence-electron chi connectivity index (χ4n) is 2.21. The van der Waals surface area contributed by atoms with Gasteiger partial charge in [-0.15, -0.1) is 0 Å². The number of amides is 1. The smallest absolute Gasteiger partial charge is 0.231 e. The minimum Gasteiger partial charge on any atom is -0.409 e. The van der Waals surface area contributed by atoms with Crippen LogP contribution in [0.1, 0.15) is 40.0 Å². The molecule has 98 valence electrons. The summed E-state index contributed by atoms with van der Waals surface area (Å²) >= 11 is 0. The molecule has 0 bridgehead atoms. The highest BCUT2D eigenvalue weighted by molar-refractivity contribution is 6.02. The van der Waals surface area contributed by atoms with Crippen LogP contribution in [0.4, 0.5) is 0 Å². The molecule has 2 atom stereocenters. The first-order valence-electron chi connectivity index (χ1n) is 6.25. The maximum Gasteiger partial charge on any atom is 0.231 e. The minimum absolute atomic E-state index is 0.0134. The third-order valence-electron chi connectivity index (χ3n) is 3.61. The molecule has 0 spiro atoms. The molecule has 2 unspecified atom stereocenters. The third-order valence-corrected chi connectivity index (χ3v) is 3.61. The van der Waals surface area contributed by atoms with Crippen molar-refractivity contribution in [2.45, 2.75) is 46.1 Å². The summed E-state index contributed by atoms with van der Waals surface area (Å²) in [5, 5.41) is 14.6. The van der Waals surface area contributed by atoms with E-state index in [0.29, 0.717) is 5.92 Å². The molecule has 1 rings (SSSR count). The lowest BCUT2D eigenvalue weighted by atomic mass is 9.80. The van der Waals surface area contributed by atoms with Crippen LogP contribution >= 0.6 is 0 Å². The van der Waals surface area contributed by atoms with Gasteiger partial charge in [0.15, 0.2) is 5.84 Å². The first-order valence-corrected chi connectivity index (χ1v) is 6.25. The number of nitrogens with one attached hydrogen (secondary N) is 1. The van der Waals surface area contributed by atoms with E-state index in [1.54, 1.807) is 0 Å². The Morgan fingerprint density at radius 1 is 1.41 bits per heavy atom. The van der Waals surface area contributed by atoms with Gasteiger partial charge in [-0.3, -0.25) is 4.79 Å². The Labute approximate surface area is 102 Å². The van der Waals surface area contributed by atoms with Crippen LogP contribution < -0.4 is 11.1 Å². The Morgan fingerprint density at radius 3 is 2.35 bits per heavy atom. The SMILES string of the molecule is CC(C)C(C(=O)NC(C)C1CCC1)C(N)=NO. The molecule has 5 heteroatoms. The number of nitrogens with zero attached hydrogens (tertiary/aromatic N) is 1. The number of hydrogen-bond acceptors (Lipinski definition) is 3. The van der Waals surface area contributed by atoms with Crippen molar-refractivity contribution in [2.24, 2.45) is 28.6 Å². The first-order chi connectivity index (χ1) is 7.97. The van der Waals surface area contributed by atoms with Crippen LogP contribution in [0.5, 0.6) is 0 Å². The topological polar surface area (TPSA) is 87.7 Å². The Balaban J connectivity index is 2.58. The molecule has 0 heterocycles. The normalized spacial score (nSPS) is 20.8. The fraction of sp³-hybridized carbons (Fsp3) is 0.833. The second-order valence-electron chi connectivity index (χ2n) is 5.23. The standard InChI is InChI=1S/C12H23N3O2/c1-7(2)10(11(13)15-17)12(16)14-8(3)9-5-4-6-9/h7-10,17H,4-6H2,1-3H3,(H2,13,15)(H,14,16). The molecule has 17 heavy (non-hydrogen) atoms. The highest BCUT2D eigenvalue weighted by atomic mass is 16.4. The zero-order valence-corrected chi connectivity index (χ0v) is 10.8. The van der Waals surface area contributed by atoms with Gasteiger partial charge in [-0.1, -0.05) is 25.4 Å². The van der Waals surface area contributed by atoms with Crippen LogP contribution in [0.15, 0.2) is 5.16 Å². The van der Waals surface area contributed by atoms with Crippen molar-refractivity contribution >= 4 is 11.7 Å². The van der Waals surface area contributed by atoms with Crippen LogP contribution in [0, 0.1) is 17.8 Å². The molecule has 0 aromatic heterocycles. The van der Waals surface area contributed by atoms with Crippen LogP contribution in [0.25, 0.3) is 0 Å². The monoisotopic (exact) mass is 241 g/mol. The number of nitrogens with two attached hydrogens (primary N) is 1. The molecule has 0 aromatic carbocycles. The summed E-state index contributed by atoms with van der Waals surface area (Å²) in [4.78, 5) is 12.1. The molecule has 1 aliphatic rings. The van der Waals surface area contributed by atoms with Crippen molar-refractivity contribution in [1.82, 2.24) is 5.32 Å². The van der Waals surface area contributed by atoms with Gasteiger partial charge in [-0.25, -0.2) is 0 Å². The van der Waals surface area contributed by atoms with Crippen LogP contribution in [0.3, 0.4) is 0 Å². The average Bonchev–Trinajstić information content (AvgIpc) is 2.13. The first kappa shape index (κ1) is 13.8. The molecule has 5 nitrogen and oxygen atoms in total. The van der Waals surface area contributed by atoms with Gasteiger partial charge >= 0.3 is 0 Å². The number of rotatable bonds is 5. The second-order valence-corrected chi connectivity index (χ2v) is 5.23. The molecule has 0 aromatic rings. The Kier molecular flexibility index (Phi) is 4.78. The van der Waals surface area contributed by atoms with Gasteiger partial charge in [0, 0.05) is 6.04 Å². The summed E-state index contributed by atoms with van der Waals surface area (Å²) in [5.41, 5.74) is 5.56. The maximum atomic E-state index is 12.1. The van der Waals surface area contributed by atoms with E-state index >= 15 is 0 Å². The quantitative estimate of drug-likeness (QED) is 0.293. The predicted octanol–water partition coefficient (Wildman–Crippen LogP) is 1.31. The van der Waals surface area contributed by atoms with Gasteiger partial charge in [0.1, 0.15) is 5.92 Å². The largest absolute Gasteiger partial charge is 0.409 e. The zero-order valence-electron chi connectivity index (χ0n) is 10.8. The van der Waals surface area contributed by atoms with E-state index in [1.807, 2.05) is 20.8 Å². The van der Waals surface area contributed by atoms with Crippen molar-refractivity contribution < 1.29 is 10.0 Å². The van der Waals surface area contributed by atoms with E-state index in [9.17, 15) is 4.79 Å². The highest BCUT2D eigenvalue weighted by Gasteiger charge is 2.31. The predicted molar refractivity (Wildman–Crippen MR) is 66.7 cm³/mol. The summed E-state index contributed by atoms with van der Waals surface area (Å²) in [6, 6.07) is 0.170. The van der Waals surface area contributed by atoms with Gasteiger partial charge in [-0.2, -0.15) is 0 Å². The van der Waals surface area contributed by atoms with Crippen molar-refractivity contribution in [2.75, 3.05) is 0 Å². The summed E-state index contributed by atoms with van der Waals surface area (Å²) in [7, 11) is 0. The number of oxime groups is 1. The van der Waals surface area contributed by atoms with Gasteiger partial charge in [0.05, 0.1) is 0 Å². The van der Waals surface area contributed by atoms with Crippen molar-refractivity contribution in [3.05, 3.63) is 0 Å². The molecular weight excluding hydrogens is 218 g/mol. The maximum absolute atomic E-state index is 12.1. The Hall–Kier alpha value is -1.26. The third kappa shape index (κ3) is 3.35. The van der Waals surface area contributed by atoms with Crippen LogP contribution in [-0.2, 0) is 4.79 Å². The summed E-state index contributed by atoms with van der Waals surface area (Å²) in [6.07, 6.45) is 3.60. The van der Waals surface area contributed by atoms with Crippen molar-refractivity contribution in [3.8, 4) is 0 Å². The zero-order chi connectivity index (χ0) is 13.0. The van der Waals surface area contributed by atoms with Gasteiger partial charge < -0.3 is 16.3 Å². The molecule has 0 saturated heterocycles. The number of carbonyl (C=O) groups is 1. The molecule has 0 radical (unpaired) electrons. The van der Waals surface area contributed by atoms with Gasteiger partial charge in [0.2, 0.25) is 5.91 Å². The average molecular weight is 241 g/mol. The molecule has 0 aliphatic heterocycles. The molecule has 1 fully saturated rings. The second kappa shape index (κ2) is 5.89.